The fraction of sp³-hybridized carbons (Fsp3) is 0.786. The lowest BCUT2D eigenvalue weighted by atomic mass is 9.86. The van der Waals surface area contributed by atoms with Crippen LogP contribution in [0.2, 0.25) is 0 Å². The van der Waals surface area contributed by atoms with Gasteiger partial charge in [0.2, 0.25) is 0 Å². The summed E-state index contributed by atoms with van der Waals surface area (Å²) in [4.78, 5) is 0. The predicted octanol–water partition coefficient (Wildman–Crippen LogP) is 2.18. The summed E-state index contributed by atoms with van der Waals surface area (Å²) in [6.45, 7) is 12.7. The monoisotopic (exact) mass is 253 g/mol. The molecule has 4 nitrogen and oxygen atoms in total. The molecule has 0 saturated heterocycles. The van der Waals surface area contributed by atoms with Gasteiger partial charge in [0.05, 0.1) is 11.3 Å². The zero-order valence-corrected chi connectivity index (χ0v) is 12.7. The minimum Gasteiger partial charge on any atom is -0.389 e. The van der Waals surface area contributed by atoms with Gasteiger partial charge in [0.1, 0.15) is 0 Å². The van der Waals surface area contributed by atoms with E-state index in [1.807, 2.05) is 45.6 Å². The summed E-state index contributed by atoms with van der Waals surface area (Å²) in [5.41, 5.74) is 1.20. The van der Waals surface area contributed by atoms with Gasteiger partial charge in [-0.1, -0.05) is 13.8 Å². The van der Waals surface area contributed by atoms with Crippen LogP contribution < -0.4 is 5.32 Å². The second kappa shape index (κ2) is 5.02. The van der Waals surface area contributed by atoms with E-state index in [-0.39, 0.29) is 5.54 Å². The van der Waals surface area contributed by atoms with E-state index in [1.54, 1.807) is 0 Å². The Hall–Kier alpha value is -0.870. The summed E-state index contributed by atoms with van der Waals surface area (Å²) >= 11 is 0. The van der Waals surface area contributed by atoms with Crippen LogP contribution in [0.25, 0.3) is 0 Å². The van der Waals surface area contributed by atoms with Crippen molar-refractivity contribution in [2.75, 3.05) is 0 Å². The van der Waals surface area contributed by atoms with Crippen LogP contribution in [-0.2, 0) is 13.6 Å². The molecule has 18 heavy (non-hydrogen) atoms. The van der Waals surface area contributed by atoms with Crippen LogP contribution in [0.1, 0.15) is 58.7 Å². The number of aryl methyl sites for hydroxylation is 1. The van der Waals surface area contributed by atoms with Gasteiger partial charge in [-0.05, 0) is 33.6 Å². The van der Waals surface area contributed by atoms with Gasteiger partial charge in [-0.15, -0.1) is 0 Å². The van der Waals surface area contributed by atoms with Crippen LogP contribution in [0.3, 0.4) is 0 Å². The smallest absolute Gasteiger partial charge is 0.0767 e. The van der Waals surface area contributed by atoms with Crippen molar-refractivity contribution in [2.45, 2.75) is 65.1 Å². The Bertz CT molecular complexity index is 400. The lowest BCUT2D eigenvalue weighted by molar-refractivity contribution is -0.00535. The standard InChI is InChI=1S/C14H27N3O/c1-10(2)12-11(9-17(7)16-12)8-15-13(3,4)14(5,6)18/h9-10,15,18H,8H2,1-7H3. The van der Waals surface area contributed by atoms with Crippen LogP contribution in [-0.4, -0.2) is 26.0 Å². The second-order valence-electron chi connectivity index (χ2n) is 6.41. The zero-order valence-electron chi connectivity index (χ0n) is 12.7. The largest absolute Gasteiger partial charge is 0.389 e. The topological polar surface area (TPSA) is 50.1 Å². The molecule has 1 aromatic rings. The maximum absolute atomic E-state index is 10.1. The average molecular weight is 253 g/mol. The van der Waals surface area contributed by atoms with E-state index in [1.165, 1.54) is 5.56 Å². The maximum Gasteiger partial charge on any atom is 0.0767 e. The highest BCUT2D eigenvalue weighted by Crippen LogP contribution is 2.23. The first-order valence-electron chi connectivity index (χ1n) is 6.54. The van der Waals surface area contributed by atoms with Crippen LogP contribution in [0, 0.1) is 0 Å². The number of rotatable bonds is 5. The Morgan fingerprint density at radius 3 is 2.33 bits per heavy atom. The molecule has 0 aliphatic carbocycles. The van der Waals surface area contributed by atoms with Crippen LogP contribution in [0.15, 0.2) is 6.20 Å². The highest BCUT2D eigenvalue weighted by atomic mass is 16.3. The van der Waals surface area contributed by atoms with Crippen molar-refractivity contribution < 1.29 is 5.11 Å². The average Bonchev–Trinajstić information content (AvgIpc) is 2.55. The van der Waals surface area contributed by atoms with Gasteiger partial charge in [-0.2, -0.15) is 5.10 Å². The summed E-state index contributed by atoms with van der Waals surface area (Å²) in [5, 5.41) is 18.0. The Labute approximate surface area is 110 Å². The van der Waals surface area contributed by atoms with Gasteiger partial charge >= 0.3 is 0 Å². The number of nitrogens with zero attached hydrogens (tertiary/aromatic N) is 2. The zero-order chi connectivity index (χ0) is 14.1. The fourth-order valence-electron chi connectivity index (χ4n) is 1.71. The molecule has 0 unspecified atom stereocenters. The highest BCUT2D eigenvalue weighted by Gasteiger charge is 2.34. The van der Waals surface area contributed by atoms with Crippen molar-refractivity contribution in [1.29, 1.82) is 0 Å². The van der Waals surface area contributed by atoms with Crippen LogP contribution in [0.5, 0.6) is 0 Å². The third-order valence-electron chi connectivity index (χ3n) is 3.73. The van der Waals surface area contributed by atoms with Gasteiger partial charge in [-0.25, -0.2) is 0 Å². The van der Waals surface area contributed by atoms with Crippen molar-refractivity contribution in [1.82, 2.24) is 15.1 Å². The molecular weight excluding hydrogens is 226 g/mol. The summed E-state index contributed by atoms with van der Waals surface area (Å²) in [5.74, 6) is 0.410. The number of hydrogen-bond acceptors (Lipinski definition) is 3. The van der Waals surface area contributed by atoms with Crippen molar-refractivity contribution in [2.24, 2.45) is 7.05 Å². The molecule has 1 aromatic heterocycles. The molecule has 2 N–H and O–H groups in total. The van der Waals surface area contributed by atoms with Crippen LogP contribution >= 0.6 is 0 Å². The first kappa shape index (κ1) is 15.2. The molecule has 0 fully saturated rings. The minimum absolute atomic E-state index is 0.350. The van der Waals surface area contributed by atoms with E-state index in [9.17, 15) is 5.11 Å². The molecule has 0 radical (unpaired) electrons. The summed E-state index contributed by atoms with van der Waals surface area (Å²) < 4.78 is 1.85. The van der Waals surface area contributed by atoms with E-state index in [4.69, 9.17) is 0 Å². The molecule has 1 heterocycles. The molecule has 104 valence electrons. The quantitative estimate of drug-likeness (QED) is 0.845. The predicted molar refractivity (Wildman–Crippen MR) is 74.5 cm³/mol. The van der Waals surface area contributed by atoms with E-state index in [2.05, 4.69) is 24.3 Å². The van der Waals surface area contributed by atoms with Crippen molar-refractivity contribution in [3.8, 4) is 0 Å². The fourth-order valence-corrected chi connectivity index (χ4v) is 1.71. The summed E-state index contributed by atoms with van der Waals surface area (Å²) in [6.07, 6.45) is 2.04. The molecule has 0 saturated carbocycles. The number of aliphatic hydroxyl groups is 1. The third kappa shape index (κ3) is 3.33. The number of aromatic nitrogens is 2. The normalized spacial score (nSPS) is 13.4. The Kier molecular flexibility index (Phi) is 4.23. The second-order valence-corrected chi connectivity index (χ2v) is 6.41. The van der Waals surface area contributed by atoms with Crippen LogP contribution in [0.4, 0.5) is 0 Å². The highest BCUT2D eigenvalue weighted by molar-refractivity contribution is 5.20. The van der Waals surface area contributed by atoms with Gasteiger partial charge < -0.3 is 10.4 Å². The molecule has 0 bridgehead atoms. The molecule has 0 amide bonds. The van der Waals surface area contributed by atoms with Gasteiger partial charge in [0.25, 0.3) is 0 Å². The summed E-state index contributed by atoms with van der Waals surface area (Å²) in [7, 11) is 1.94. The Balaban J connectivity index is 2.81. The molecule has 0 spiro atoms. The summed E-state index contributed by atoms with van der Waals surface area (Å²) in [6, 6.07) is 0. The Morgan fingerprint density at radius 1 is 1.33 bits per heavy atom. The first-order valence-corrected chi connectivity index (χ1v) is 6.54. The van der Waals surface area contributed by atoms with Gasteiger partial charge in [-0.3, -0.25) is 4.68 Å². The first-order chi connectivity index (χ1) is 8.04. The molecule has 0 aromatic carbocycles. The molecule has 0 atom stereocenters. The van der Waals surface area contributed by atoms with E-state index >= 15 is 0 Å². The van der Waals surface area contributed by atoms with Gasteiger partial charge in [0.15, 0.2) is 0 Å². The third-order valence-corrected chi connectivity index (χ3v) is 3.73. The van der Waals surface area contributed by atoms with Crippen molar-refractivity contribution in [3.63, 3.8) is 0 Å². The van der Waals surface area contributed by atoms with Gasteiger partial charge in [0, 0.05) is 30.9 Å². The lowest BCUT2D eigenvalue weighted by Crippen LogP contribution is -2.55. The molecule has 1 rings (SSSR count). The molecule has 0 aliphatic heterocycles. The molecule has 4 heteroatoms. The van der Waals surface area contributed by atoms with E-state index in [0.29, 0.717) is 5.92 Å². The minimum atomic E-state index is -0.771. The van der Waals surface area contributed by atoms with Crippen molar-refractivity contribution in [3.05, 3.63) is 17.5 Å². The molecular formula is C14H27N3O. The SMILES string of the molecule is CC(C)c1nn(C)cc1CNC(C)(C)C(C)(C)O. The maximum atomic E-state index is 10.1. The van der Waals surface area contributed by atoms with Crippen molar-refractivity contribution >= 4 is 0 Å². The lowest BCUT2D eigenvalue weighted by Gasteiger charge is -2.38. The number of nitrogens with one attached hydrogen (secondary N) is 1. The number of hydrogen-bond donors (Lipinski definition) is 2. The van der Waals surface area contributed by atoms with E-state index in [0.717, 1.165) is 12.2 Å². The molecule has 0 aliphatic rings. The van der Waals surface area contributed by atoms with E-state index < -0.39 is 5.60 Å². The Morgan fingerprint density at radius 2 is 1.89 bits per heavy atom.